The van der Waals surface area contributed by atoms with E-state index in [0.717, 1.165) is 29.5 Å². The number of rotatable bonds is 8. The van der Waals surface area contributed by atoms with Gasteiger partial charge in [-0.3, -0.25) is 4.79 Å². The molecule has 0 spiro atoms. The Bertz CT molecular complexity index is 615. The second-order valence-electron chi connectivity index (χ2n) is 6.23. The number of hydrogen-bond acceptors (Lipinski definition) is 6. The predicted molar refractivity (Wildman–Crippen MR) is 105 cm³/mol. The molecule has 1 saturated heterocycles. The van der Waals surface area contributed by atoms with E-state index >= 15 is 0 Å². The molecule has 0 saturated carbocycles. The molecule has 8 heteroatoms. The minimum Gasteiger partial charge on any atom is -0.465 e. The van der Waals surface area contributed by atoms with Gasteiger partial charge in [-0.1, -0.05) is 26.7 Å². The average molecular weight is 448 g/mol. The van der Waals surface area contributed by atoms with Crippen LogP contribution in [0, 0.1) is 5.92 Å². The molecule has 1 fully saturated rings. The van der Waals surface area contributed by atoms with Gasteiger partial charge in [-0.25, -0.2) is 4.79 Å². The number of nitrogens with zero attached hydrogens (tertiary/aromatic N) is 1. The molecule has 1 aliphatic heterocycles. The minimum atomic E-state index is -0.451. The van der Waals surface area contributed by atoms with Crippen molar-refractivity contribution in [2.24, 2.45) is 5.92 Å². The molecule has 1 aromatic rings. The standard InChI is InChI=1S/C18H26BrNO5S/c1-4-6-7-12(5-2)17(21)20(13-9-24-11-25-10-13)14-8-15(19)26-16(14)18(22)23-3/h8,12-13H,4-7,9-11H2,1-3H3. The number of halogens is 1. The van der Waals surface area contributed by atoms with E-state index in [-0.39, 0.29) is 24.7 Å². The first-order valence-corrected chi connectivity index (χ1v) is 10.5. The van der Waals surface area contributed by atoms with Crippen LogP contribution in [0.25, 0.3) is 0 Å². The number of hydrogen-bond donors (Lipinski definition) is 0. The Kier molecular flexibility index (Phi) is 8.53. The zero-order valence-electron chi connectivity index (χ0n) is 15.5. The lowest BCUT2D eigenvalue weighted by atomic mass is 9.96. The van der Waals surface area contributed by atoms with Crippen LogP contribution < -0.4 is 4.90 Å². The Labute approximate surface area is 166 Å². The first-order valence-electron chi connectivity index (χ1n) is 8.89. The molecule has 0 bridgehead atoms. The molecule has 1 atom stereocenters. The van der Waals surface area contributed by atoms with Crippen molar-refractivity contribution in [1.82, 2.24) is 0 Å². The molecule has 1 amide bonds. The van der Waals surface area contributed by atoms with Gasteiger partial charge in [0, 0.05) is 5.92 Å². The lowest BCUT2D eigenvalue weighted by molar-refractivity contribution is -0.130. The fourth-order valence-corrected chi connectivity index (χ4v) is 4.54. The molecule has 0 radical (unpaired) electrons. The molecular weight excluding hydrogens is 422 g/mol. The summed E-state index contributed by atoms with van der Waals surface area (Å²) in [7, 11) is 1.34. The first-order chi connectivity index (χ1) is 12.5. The van der Waals surface area contributed by atoms with Gasteiger partial charge in [-0.05, 0) is 34.8 Å². The summed E-state index contributed by atoms with van der Waals surface area (Å²) in [6.45, 7) is 5.12. The molecule has 2 rings (SSSR count). The second-order valence-corrected chi connectivity index (χ2v) is 8.66. The summed E-state index contributed by atoms with van der Waals surface area (Å²) in [5.74, 6) is -0.538. The van der Waals surface area contributed by atoms with Crippen molar-refractivity contribution < 1.29 is 23.8 Å². The fourth-order valence-electron chi connectivity index (χ4n) is 3.04. The maximum absolute atomic E-state index is 13.4. The lowest BCUT2D eigenvalue weighted by Crippen LogP contribution is -2.50. The van der Waals surface area contributed by atoms with E-state index in [2.05, 4.69) is 22.9 Å². The van der Waals surface area contributed by atoms with Gasteiger partial charge < -0.3 is 19.1 Å². The minimum absolute atomic E-state index is 0.00973. The van der Waals surface area contributed by atoms with Crippen molar-refractivity contribution in [3.63, 3.8) is 0 Å². The van der Waals surface area contributed by atoms with E-state index in [4.69, 9.17) is 14.2 Å². The van der Waals surface area contributed by atoms with Crippen molar-refractivity contribution in [3.8, 4) is 0 Å². The first kappa shape index (κ1) is 21.3. The molecule has 26 heavy (non-hydrogen) atoms. The number of methoxy groups -OCH3 is 1. The Hall–Kier alpha value is -0.960. The molecule has 146 valence electrons. The number of ether oxygens (including phenoxy) is 3. The SMILES string of the molecule is CCCCC(CC)C(=O)N(c1cc(Br)sc1C(=O)OC)C1COCOC1. The Morgan fingerprint density at radius 3 is 2.65 bits per heavy atom. The summed E-state index contributed by atoms with van der Waals surface area (Å²) in [5.41, 5.74) is 0.563. The van der Waals surface area contributed by atoms with E-state index in [1.807, 2.05) is 6.92 Å². The average Bonchev–Trinajstić information content (AvgIpc) is 3.04. The third kappa shape index (κ3) is 5.06. The van der Waals surface area contributed by atoms with Crippen LogP contribution in [0.4, 0.5) is 5.69 Å². The fraction of sp³-hybridized carbons (Fsp3) is 0.667. The molecule has 6 nitrogen and oxygen atoms in total. The summed E-state index contributed by atoms with van der Waals surface area (Å²) < 4.78 is 16.5. The molecular formula is C18H26BrNO5S. The Balaban J connectivity index is 2.41. The summed E-state index contributed by atoms with van der Waals surface area (Å²) in [6, 6.07) is 1.53. The highest BCUT2D eigenvalue weighted by atomic mass is 79.9. The number of amides is 1. The van der Waals surface area contributed by atoms with E-state index in [1.54, 1.807) is 11.0 Å². The van der Waals surface area contributed by atoms with Crippen LogP contribution in [0.3, 0.4) is 0 Å². The van der Waals surface area contributed by atoms with Gasteiger partial charge in [-0.15, -0.1) is 11.3 Å². The van der Waals surface area contributed by atoms with Crippen LogP contribution in [0.1, 0.15) is 49.2 Å². The third-order valence-corrected chi connectivity index (χ3v) is 6.06. The zero-order chi connectivity index (χ0) is 19.1. The predicted octanol–water partition coefficient (Wildman–Crippen LogP) is 4.22. The topological polar surface area (TPSA) is 65.1 Å². The van der Waals surface area contributed by atoms with Crippen LogP contribution in [0.15, 0.2) is 9.85 Å². The summed E-state index contributed by atoms with van der Waals surface area (Å²) in [4.78, 5) is 27.7. The van der Waals surface area contributed by atoms with E-state index in [1.165, 1.54) is 18.4 Å². The maximum atomic E-state index is 13.4. The Morgan fingerprint density at radius 1 is 1.38 bits per heavy atom. The van der Waals surface area contributed by atoms with Gasteiger partial charge in [0.1, 0.15) is 11.7 Å². The van der Waals surface area contributed by atoms with Gasteiger partial charge in [0.25, 0.3) is 0 Å². The quantitative estimate of drug-likeness (QED) is 0.558. The molecule has 0 N–H and O–H groups in total. The highest BCUT2D eigenvalue weighted by molar-refractivity contribution is 9.11. The van der Waals surface area contributed by atoms with Gasteiger partial charge >= 0.3 is 5.97 Å². The van der Waals surface area contributed by atoms with E-state index < -0.39 is 5.97 Å². The molecule has 0 aliphatic carbocycles. The number of carbonyl (C=O) groups excluding carboxylic acids is 2. The van der Waals surface area contributed by atoms with Crippen LogP contribution in [0.2, 0.25) is 0 Å². The summed E-state index contributed by atoms with van der Waals surface area (Å²) >= 11 is 4.69. The smallest absolute Gasteiger partial charge is 0.350 e. The highest BCUT2D eigenvalue weighted by Crippen LogP contribution is 2.37. The van der Waals surface area contributed by atoms with Crippen LogP contribution >= 0.6 is 27.3 Å². The van der Waals surface area contributed by atoms with Crippen molar-refractivity contribution >= 4 is 44.8 Å². The van der Waals surface area contributed by atoms with Gasteiger partial charge in [0.2, 0.25) is 5.91 Å². The monoisotopic (exact) mass is 447 g/mol. The third-order valence-electron chi connectivity index (χ3n) is 4.45. The highest BCUT2D eigenvalue weighted by Gasteiger charge is 2.35. The Morgan fingerprint density at radius 2 is 2.08 bits per heavy atom. The van der Waals surface area contributed by atoms with Gasteiger partial charge in [-0.2, -0.15) is 0 Å². The summed E-state index contributed by atoms with van der Waals surface area (Å²) in [6.07, 6.45) is 3.61. The number of unbranched alkanes of at least 4 members (excludes halogenated alkanes) is 1. The number of anilines is 1. The van der Waals surface area contributed by atoms with Crippen molar-refractivity contribution in [1.29, 1.82) is 0 Å². The molecule has 1 unspecified atom stereocenters. The van der Waals surface area contributed by atoms with Crippen molar-refractivity contribution in [2.45, 2.75) is 45.6 Å². The number of thiophene rings is 1. The zero-order valence-corrected chi connectivity index (χ0v) is 17.9. The second kappa shape index (κ2) is 10.4. The van der Waals surface area contributed by atoms with E-state index in [0.29, 0.717) is 23.8 Å². The van der Waals surface area contributed by atoms with E-state index in [9.17, 15) is 9.59 Å². The number of esters is 1. The molecule has 0 aromatic carbocycles. The largest absolute Gasteiger partial charge is 0.465 e. The van der Waals surface area contributed by atoms with Crippen LogP contribution in [-0.4, -0.2) is 45.0 Å². The summed E-state index contributed by atoms with van der Waals surface area (Å²) in [5, 5.41) is 0. The van der Waals surface area contributed by atoms with Crippen molar-refractivity contribution in [2.75, 3.05) is 32.0 Å². The normalized spacial score (nSPS) is 16.3. The van der Waals surface area contributed by atoms with Gasteiger partial charge in [0.05, 0.1) is 35.8 Å². The van der Waals surface area contributed by atoms with Crippen molar-refractivity contribution in [3.05, 3.63) is 14.7 Å². The molecule has 1 aliphatic rings. The van der Waals surface area contributed by atoms with Crippen LogP contribution in [-0.2, 0) is 19.0 Å². The molecule has 2 heterocycles. The van der Waals surface area contributed by atoms with Gasteiger partial charge in [0.15, 0.2) is 0 Å². The number of carbonyl (C=O) groups is 2. The van der Waals surface area contributed by atoms with Crippen LogP contribution in [0.5, 0.6) is 0 Å². The lowest BCUT2D eigenvalue weighted by Gasteiger charge is -2.36. The molecule has 1 aromatic heterocycles. The maximum Gasteiger partial charge on any atom is 0.350 e.